The van der Waals surface area contributed by atoms with Crippen LogP contribution < -0.4 is 11.1 Å². The molecule has 2 rings (SSSR count). The second-order valence-corrected chi connectivity index (χ2v) is 9.44. The average molecular weight is 336 g/mol. The molecule has 21 heavy (non-hydrogen) atoms. The number of nitrogens with two attached hydrogens (primary N) is 1. The summed E-state index contributed by atoms with van der Waals surface area (Å²) < 4.78 is 48.3. The molecule has 1 unspecified atom stereocenters. The normalized spacial score (nSPS) is 21.5. The number of nitrogen functional groups attached to an aromatic ring is 1. The monoisotopic (exact) mass is 336 g/mol. The number of hydrogen-bond donors (Lipinski definition) is 2. The number of anilines is 2. The Hall–Kier alpha value is -1.29. The average Bonchev–Trinajstić information content (AvgIpc) is 2.86. The minimum absolute atomic E-state index is 0.00166. The summed E-state index contributed by atoms with van der Waals surface area (Å²) in [6.07, 6.45) is 2.26. The summed E-state index contributed by atoms with van der Waals surface area (Å²) in [6, 6.07) is -0.410. The Labute approximate surface area is 124 Å². The highest BCUT2D eigenvalue weighted by Gasteiger charge is 2.34. The lowest BCUT2D eigenvalue weighted by atomic mass is 10.3. The van der Waals surface area contributed by atoms with Crippen molar-refractivity contribution in [1.82, 2.24) is 9.78 Å². The maximum Gasteiger partial charge on any atom is 0.182 e. The van der Waals surface area contributed by atoms with E-state index < -0.39 is 25.7 Å². The second kappa shape index (κ2) is 5.48. The molecule has 1 atom stereocenters. The SMILES string of the molecule is CCCNc1nn(C2CCS(=O)(=O)C2)c(N)c1S(C)(=O)=O. The van der Waals surface area contributed by atoms with Gasteiger partial charge in [-0.05, 0) is 12.8 Å². The molecule has 0 amide bonds. The molecular formula is C11H20N4O4S2. The summed E-state index contributed by atoms with van der Waals surface area (Å²) in [4.78, 5) is -0.0553. The summed E-state index contributed by atoms with van der Waals surface area (Å²) in [5, 5.41) is 7.13. The van der Waals surface area contributed by atoms with E-state index in [-0.39, 0.29) is 28.0 Å². The summed E-state index contributed by atoms with van der Waals surface area (Å²) in [7, 11) is -6.65. The Morgan fingerprint density at radius 3 is 2.62 bits per heavy atom. The molecule has 120 valence electrons. The van der Waals surface area contributed by atoms with Crippen molar-refractivity contribution in [1.29, 1.82) is 0 Å². The third-order valence-electron chi connectivity index (χ3n) is 3.37. The van der Waals surface area contributed by atoms with Gasteiger partial charge in [0.25, 0.3) is 0 Å². The molecule has 1 aromatic rings. The van der Waals surface area contributed by atoms with E-state index in [9.17, 15) is 16.8 Å². The summed E-state index contributed by atoms with van der Waals surface area (Å²) >= 11 is 0. The van der Waals surface area contributed by atoms with E-state index in [1.165, 1.54) is 4.68 Å². The molecule has 1 aromatic heterocycles. The van der Waals surface area contributed by atoms with Gasteiger partial charge in [-0.25, -0.2) is 21.5 Å². The zero-order chi connectivity index (χ0) is 15.8. The topological polar surface area (TPSA) is 124 Å². The summed E-state index contributed by atoms with van der Waals surface area (Å²) in [5.74, 6) is 0.206. The molecule has 1 aliphatic rings. The smallest absolute Gasteiger partial charge is 0.182 e. The Morgan fingerprint density at radius 2 is 2.14 bits per heavy atom. The molecule has 0 aliphatic carbocycles. The van der Waals surface area contributed by atoms with Crippen LogP contribution in [0.4, 0.5) is 11.6 Å². The van der Waals surface area contributed by atoms with Gasteiger partial charge >= 0.3 is 0 Å². The summed E-state index contributed by atoms with van der Waals surface area (Å²) in [5.41, 5.74) is 5.92. The highest BCUT2D eigenvalue weighted by molar-refractivity contribution is 7.91. The van der Waals surface area contributed by atoms with Crippen LogP contribution >= 0.6 is 0 Å². The Balaban J connectivity index is 2.47. The van der Waals surface area contributed by atoms with Crippen LogP contribution in [-0.2, 0) is 19.7 Å². The van der Waals surface area contributed by atoms with E-state index in [1.807, 2.05) is 6.92 Å². The summed E-state index contributed by atoms with van der Waals surface area (Å²) in [6.45, 7) is 2.50. The largest absolute Gasteiger partial charge is 0.383 e. The highest BCUT2D eigenvalue weighted by atomic mass is 32.2. The first-order valence-corrected chi connectivity index (χ1v) is 10.4. The first kappa shape index (κ1) is 16.1. The van der Waals surface area contributed by atoms with Crippen LogP contribution in [0.5, 0.6) is 0 Å². The van der Waals surface area contributed by atoms with Crippen molar-refractivity contribution in [3.63, 3.8) is 0 Å². The minimum atomic E-state index is -3.55. The number of rotatable bonds is 5. The molecule has 3 N–H and O–H groups in total. The van der Waals surface area contributed by atoms with Crippen LogP contribution in [0.3, 0.4) is 0 Å². The fraction of sp³-hybridized carbons (Fsp3) is 0.727. The first-order chi connectivity index (χ1) is 9.65. The molecule has 0 radical (unpaired) electrons. The highest BCUT2D eigenvalue weighted by Crippen LogP contribution is 2.33. The number of hydrogen-bond acceptors (Lipinski definition) is 7. The van der Waals surface area contributed by atoms with E-state index in [2.05, 4.69) is 10.4 Å². The van der Waals surface area contributed by atoms with Crippen LogP contribution in [0.1, 0.15) is 25.8 Å². The molecule has 2 heterocycles. The standard InChI is InChI=1S/C11H20N4O4S2/c1-3-5-13-11-9(20(2,16)17)10(12)15(14-11)8-4-6-21(18,19)7-8/h8H,3-7,12H2,1-2H3,(H,13,14). The van der Waals surface area contributed by atoms with Gasteiger partial charge in [0.2, 0.25) is 0 Å². The van der Waals surface area contributed by atoms with Crippen LogP contribution in [0.2, 0.25) is 0 Å². The fourth-order valence-corrected chi connectivity index (χ4v) is 5.03. The van der Waals surface area contributed by atoms with E-state index in [1.54, 1.807) is 0 Å². The molecule has 0 bridgehead atoms. The van der Waals surface area contributed by atoms with Gasteiger partial charge in [0.1, 0.15) is 5.82 Å². The molecular weight excluding hydrogens is 316 g/mol. The predicted molar refractivity (Wildman–Crippen MR) is 80.8 cm³/mol. The van der Waals surface area contributed by atoms with Gasteiger partial charge in [-0.15, -0.1) is 0 Å². The molecule has 0 saturated carbocycles. The second-order valence-electron chi connectivity index (χ2n) is 5.26. The number of aromatic nitrogens is 2. The minimum Gasteiger partial charge on any atom is -0.383 e. The zero-order valence-electron chi connectivity index (χ0n) is 12.0. The lowest BCUT2D eigenvalue weighted by molar-refractivity contribution is 0.507. The van der Waals surface area contributed by atoms with E-state index >= 15 is 0 Å². The lowest BCUT2D eigenvalue weighted by Crippen LogP contribution is -2.15. The maximum atomic E-state index is 11.9. The van der Waals surface area contributed by atoms with Crippen LogP contribution in [0.15, 0.2) is 4.90 Å². The molecule has 0 aromatic carbocycles. The Bertz CT molecular complexity index is 737. The van der Waals surface area contributed by atoms with Crippen LogP contribution in [-0.4, -0.2) is 50.9 Å². The van der Waals surface area contributed by atoms with E-state index in [0.29, 0.717) is 13.0 Å². The third-order valence-corrected chi connectivity index (χ3v) is 6.26. The van der Waals surface area contributed by atoms with E-state index in [0.717, 1.165) is 12.7 Å². The zero-order valence-corrected chi connectivity index (χ0v) is 13.7. The van der Waals surface area contributed by atoms with Crippen molar-refractivity contribution in [3.05, 3.63) is 0 Å². The predicted octanol–water partition coefficient (Wildman–Crippen LogP) is 0.0503. The fourth-order valence-electron chi connectivity index (χ4n) is 2.40. The third kappa shape index (κ3) is 3.31. The Morgan fingerprint density at radius 1 is 1.48 bits per heavy atom. The molecule has 0 spiro atoms. The maximum absolute atomic E-state index is 11.9. The van der Waals surface area contributed by atoms with Crippen LogP contribution in [0, 0.1) is 0 Å². The number of nitrogens with one attached hydrogen (secondary N) is 1. The van der Waals surface area contributed by atoms with Gasteiger partial charge in [0, 0.05) is 12.8 Å². The van der Waals surface area contributed by atoms with Gasteiger partial charge in [-0.3, -0.25) is 0 Å². The van der Waals surface area contributed by atoms with Crippen molar-refractivity contribution in [3.8, 4) is 0 Å². The molecule has 10 heteroatoms. The molecule has 1 saturated heterocycles. The van der Waals surface area contributed by atoms with Crippen molar-refractivity contribution < 1.29 is 16.8 Å². The van der Waals surface area contributed by atoms with Crippen molar-refractivity contribution in [2.75, 3.05) is 35.4 Å². The van der Waals surface area contributed by atoms with E-state index in [4.69, 9.17) is 5.73 Å². The molecule has 8 nitrogen and oxygen atoms in total. The quantitative estimate of drug-likeness (QED) is 0.778. The van der Waals surface area contributed by atoms with Crippen molar-refractivity contribution in [2.45, 2.75) is 30.7 Å². The van der Waals surface area contributed by atoms with Gasteiger partial charge in [-0.1, -0.05) is 6.92 Å². The molecule has 1 aliphatic heterocycles. The number of nitrogens with zero attached hydrogens (tertiary/aromatic N) is 2. The van der Waals surface area contributed by atoms with Gasteiger partial charge < -0.3 is 11.1 Å². The number of sulfone groups is 2. The van der Waals surface area contributed by atoms with Gasteiger partial charge in [0.15, 0.2) is 30.4 Å². The van der Waals surface area contributed by atoms with Crippen LogP contribution in [0.25, 0.3) is 0 Å². The Kier molecular flexibility index (Phi) is 4.20. The first-order valence-electron chi connectivity index (χ1n) is 6.68. The van der Waals surface area contributed by atoms with Gasteiger partial charge in [0.05, 0.1) is 17.5 Å². The molecule has 1 fully saturated rings. The lowest BCUT2D eigenvalue weighted by Gasteiger charge is -2.10. The van der Waals surface area contributed by atoms with Gasteiger partial charge in [-0.2, -0.15) is 5.10 Å². The van der Waals surface area contributed by atoms with Crippen molar-refractivity contribution in [2.24, 2.45) is 0 Å². The van der Waals surface area contributed by atoms with Crippen molar-refractivity contribution >= 4 is 31.3 Å².